The Bertz CT molecular complexity index is 1150. The molecule has 31 heavy (non-hydrogen) atoms. The highest BCUT2D eigenvalue weighted by Crippen LogP contribution is 2.26. The van der Waals surface area contributed by atoms with Crippen molar-refractivity contribution in [1.29, 1.82) is 0 Å². The number of aromatic nitrogens is 2. The molecule has 0 atom stereocenters. The standard InChI is InChI=1S/C20H23N5O3S3/c1-14-9-10-16(11-17(14)31(27,28)25(2)3)22-18(26)13-29-20-24-23-19(30-20)21-12-15-7-5-4-6-8-15/h4-11H,12-13H2,1-3H3,(H,21,23)(H,22,26). The zero-order valence-electron chi connectivity index (χ0n) is 17.3. The summed E-state index contributed by atoms with van der Waals surface area (Å²) >= 11 is 2.65. The van der Waals surface area contributed by atoms with Crippen LogP contribution in [0.2, 0.25) is 0 Å². The highest BCUT2D eigenvalue weighted by molar-refractivity contribution is 8.01. The van der Waals surface area contributed by atoms with Crippen molar-refractivity contribution in [2.75, 3.05) is 30.5 Å². The quantitative estimate of drug-likeness (QED) is 0.455. The molecule has 0 fully saturated rings. The molecule has 2 aromatic carbocycles. The second kappa shape index (κ2) is 10.2. The first kappa shape index (κ1) is 23.2. The Kier molecular flexibility index (Phi) is 7.65. The van der Waals surface area contributed by atoms with E-state index >= 15 is 0 Å². The lowest BCUT2D eigenvalue weighted by atomic mass is 10.2. The van der Waals surface area contributed by atoms with Gasteiger partial charge in [-0.15, -0.1) is 10.2 Å². The number of hydrogen-bond donors (Lipinski definition) is 2. The lowest BCUT2D eigenvalue weighted by Crippen LogP contribution is -2.23. The van der Waals surface area contributed by atoms with E-state index in [9.17, 15) is 13.2 Å². The molecule has 0 bridgehead atoms. The van der Waals surface area contributed by atoms with E-state index < -0.39 is 10.0 Å². The van der Waals surface area contributed by atoms with Crippen LogP contribution >= 0.6 is 23.1 Å². The first-order chi connectivity index (χ1) is 14.8. The minimum Gasteiger partial charge on any atom is -0.356 e. The van der Waals surface area contributed by atoms with Crippen molar-refractivity contribution >= 4 is 49.8 Å². The van der Waals surface area contributed by atoms with Crippen LogP contribution in [0.1, 0.15) is 11.1 Å². The van der Waals surface area contributed by atoms with E-state index in [0.29, 0.717) is 27.3 Å². The van der Waals surface area contributed by atoms with Crippen LogP contribution in [0, 0.1) is 6.92 Å². The van der Waals surface area contributed by atoms with Crippen molar-refractivity contribution in [1.82, 2.24) is 14.5 Å². The van der Waals surface area contributed by atoms with Crippen LogP contribution < -0.4 is 10.6 Å². The van der Waals surface area contributed by atoms with E-state index in [4.69, 9.17) is 0 Å². The number of amides is 1. The van der Waals surface area contributed by atoms with Gasteiger partial charge in [0, 0.05) is 26.3 Å². The minimum absolute atomic E-state index is 0.136. The molecule has 0 radical (unpaired) electrons. The normalized spacial score (nSPS) is 11.5. The molecular formula is C20H23N5O3S3. The Labute approximate surface area is 190 Å². The molecule has 1 amide bonds. The summed E-state index contributed by atoms with van der Waals surface area (Å²) in [4.78, 5) is 12.5. The van der Waals surface area contributed by atoms with Crippen molar-refractivity contribution in [3.8, 4) is 0 Å². The number of thioether (sulfide) groups is 1. The maximum absolute atomic E-state index is 12.4. The van der Waals surface area contributed by atoms with Crippen LogP contribution in [0.25, 0.3) is 0 Å². The summed E-state index contributed by atoms with van der Waals surface area (Å²) in [5.74, 6) is -0.118. The first-order valence-electron chi connectivity index (χ1n) is 9.33. The third-order valence-electron chi connectivity index (χ3n) is 4.25. The van der Waals surface area contributed by atoms with Crippen LogP contribution in [-0.2, 0) is 21.4 Å². The molecule has 8 nitrogen and oxygen atoms in total. The summed E-state index contributed by atoms with van der Waals surface area (Å²) in [7, 11) is -0.643. The van der Waals surface area contributed by atoms with E-state index in [1.165, 1.54) is 43.3 Å². The zero-order chi connectivity index (χ0) is 22.4. The van der Waals surface area contributed by atoms with Gasteiger partial charge in [0.2, 0.25) is 21.1 Å². The fourth-order valence-corrected chi connectivity index (χ4v) is 5.28. The van der Waals surface area contributed by atoms with Crippen molar-refractivity contribution in [2.24, 2.45) is 0 Å². The zero-order valence-corrected chi connectivity index (χ0v) is 19.8. The first-order valence-corrected chi connectivity index (χ1v) is 12.6. The highest BCUT2D eigenvalue weighted by atomic mass is 32.2. The SMILES string of the molecule is Cc1ccc(NC(=O)CSc2nnc(NCc3ccccc3)s2)cc1S(=O)(=O)N(C)C. The Morgan fingerprint density at radius 1 is 1.13 bits per heavy atom. The Morgan fingerprint density at radius 2 is 1.87 bits per heavy atom. The number of aryl methyl sites for hydroxylation is 1. The predicted octanol–water partition coefficient (Wildman–Crippen LogP) is 3.44. The van der Waals surface area contributed by atoms with Crippen molar-refractivity contribution in [3.05, 3.63) is 59.7 Å². The number of carbonyl (C=O) groups is 1. The third kappa shape index (κ3) is 6.26. The summed E-state index contributed by atoms with van der Waals surface area (Å²) in [5, 5.41) is 14.8. The van der Waals surface area contributed by atoms with E-state index in [1.807, 2.05) is 30.3 Å². The fraction of sp³-hybridized carbons (Fsp3) is 0.250. The summed E-state index contributed by atoms with van der Waals surface area (Å²) in [6, 6.07) is 14.8. The molecule has 0 aliphatic rings. The van der Waals surface area contributed by atoms with E-state index in [1.54, 1.807) is 19.1 Å². The maximum atomic E-state index is 12.4. The molecule has 0 saturated carbocycles. The molecule has 2 N–H and O–H groups in total. The monoisotopic (exact) mass is 477 g/mol. The van der Waals surface area contributed by atoms with Crippen LogP contribution in [0.15, 0.2) is 57.8 Å². The summed E-state index contributed by atoms with van der Waals surface area (Å²) < 4.78 is 26.7. The molecule has 1 aromatic heterocycles. The second-order valence-electron chi connectivity index (χ2n) is 6.82. The summed E-state index contributed by atoms with van der Waals surface area (Å²) in [6.45, 7) is 2.36. The fourth-order valence-electron chi connectivity index (χ4n) is 2.59. The molecule has 0 saturated heterocycles. The summed E-state index contributed by atoms with van der Waals surface area (Å²) in [6.07, 6.45) is 0. The Balaban J connectivity index is 1.54. The largest absolute Gasteiger partial charge is 0.356 e. The van der Waals surface area contributed by atoms with Gasteiger partial charge in [-0.05, 0) is 30.2 Å². The average molecular weight is 478 g/mol. The number of nitrogens with zero attached hydrogens (tertiary/aromatic N) is 3. The molecule has 164 valence electrons. The van der Waals surface area contributed by atoms with Gasteiger partial charge in [-0.3, -0.25) is 4.79 Å². The van der Waals surface area contributed by atoms with Crippen molar-refractivity contribution in [3.63, 3.8) is 0 Å². The lowest BCUT2D eigenvalue weighted by Gasteiger charge is -2.15. The topological polar surface area (TPSA) is 104 Å². The number of rotatable bonds is 9. The van der Waals surface area contributed by atoms with Gasteiger partial charge >= 0.3 is 0 Å². The number of carbonyl (C=O) groups excluding carboxylic acids is 1. The maximum Gasteiger partial charge on any atom is 0.242 e. The van der Waals surface area contributed by atoms with Crippen LogP contribution in [-0.4, -0.2) is 48.7 Å². The Hall–Kier alpha value is -2.47. The van der Waals surface area contributed by atoms with Gasteiger partial charge in [-0.25, -0.2) is 12.7 Å². The van der Waals surface area contributed by atoms with E-state index in [-0.39, 0.29) is 16.6 Å². The minimum atomic E-state index is -3.59. The number of sulfonamides is 1. The Morgan fingerprint density at radius 3 is 2.58 bits per heavy atom. The van der Waals surface area contributed by atoms with Gasteiger partial charge in [0.1, 0.15) is 0 Å². The van der Waals surface area contributed by atoms with Gasteiger partial charge in [-0.2, -0.15) is 0 Å². The molecule has 3 rings (SSSR count). The van der Waals surface area contributed by atoms with Gasteiger partial charge < -0.3 is 10.6 Å². The molecule has 11 heteroatoms. The van der Waals surface area contributed by atoms with E-state index in [2.05, 4.69) is 20.8 Å². The average Bonchev–Trinajstić information content (AvgIpc) is 3.20. The van der Waals surface area contributed by atoms with E-state index in [0.717, 1.165) is 9.87 Å². The predicted molar refractivity (Wildman–Crippen MR) is 125 cm³/mol. The molecule has 0 aliphatic carbocycles. The second-order valence-corrected chi connectivity index (χ2v) is 11.1. The molecule has 1 heterocycles. The van der Waals surface area contributed by atoms with Crippen molar-refractivity contribution < 1.29 is 13.2 Å². The highest BCUT2D eigenvalue weighted by Gasteiger charge is 2.20. The molecule has 3 aromatic rings. The van der Waals surface area contributed by atoms with Gasteiger partial charge in [0.25, 0.3) is 0 Å². The smallest absolute Gasteiger partial charge is 0.242 e. The van der Waals surface area contributed by atoms with Crippen LogP contribution in [0.4, 0.5) is 10.8 Å². The van der Waals surface area contributed by atoms with Crippen LogP contribution in [0.3, 0.4) is 0 Å². The molecule has 0 unspecified atom stereocenters. The number of benzene rings is 2. The summed E-state index contributed by atoms with van der Waals surface area (Å²) in [5.41, 5.74) is 2.18. The molecule has 0 spiro atoms. The molecular weight excluding hydrogens is 454 g/mol. The van der Waals surface area contributed by atoms with Gasteiger partial charge in [0.05, 0.1) is 10.6 Å². The third-order valence-corrected chi connectivity index (χ3v) is 8.22. The number of hydrogen-bond acceptors (Lipinski definition) is 8. The van der Waals surface area contributed by atoms with Crippen LogP contribution in [0.5, 0.6) is 0 Å². The number of nitrogens with one attached hydrogen (secondary N) is 2. The number of anilines is 2. The van der Waals surface area contributed by atoms with Gasteiger partial charge in [-0.1, -0.05) is 59.5 Å². The van der Waals surface area contributed by atoms with Gasteiger partial charge in [0.15, 0.2) is 4.34 Å². The van der Waals surface area contributed by atoms with Crippen molar-refractivity contribution in [2.45, 2.75) is 22.7 Å². The molecule has 0 aliphatic heterocycles. The lowest BCUT2D eigenvalue weighted by molar-refractivity contribution is -0.113.